The molecular formula is C32H47BrN2O3S. The average Bonchev–Trinajstić information content (AvgIpc) is 3.32. The molecule has 5 nitrogen and oxygen atoms in total. The van der Waals surface area contributed by atoms with Crippen LogP contribution in [0.3, 0.4) is 0 Å². The number of hydrogen-bond acceptors (Lipinski definition) is 5. The van der Waals surface area contributed by atoms with Gasteiger partial charge in [0.25, 0.3) is 0 Å². The predicted octanol–water partition coefficient (Wildman–Crippen LogP) is 9.12. The van der Waals surface area contributed by atoms with E-state index in [1.807, 2.05) is 42.1 Å². The number of halogens is 1. The lowest BCUT2D eigenvalue weighted by Crippen LogP contribution is -2.16. The van der Waals surface area contributed by atoms with E-state index in [2.05, 4.69) is 42.4 Å². The number of thioether (sulfide) groups is 1. The first-order chi connectivity index (χ1) is 18.6. The number of benzene rings is 2. The lowest BCUT2D eigenvalue weighted by atomic mass is 10.1. The van der Waals surface area contributed by atoms with Crippen LogP contribution in [0.4, 0.5) is 5.69 Å². The number of hydrogen-bond donors (Lipinski definition) is 1. The van der Waals surface area contributed by atoms with Gasteiger partial charge in [-0.25, -0.2) is 0 Å². The van der Waals surface area contributed by atoms with Gasteiger partial charge in [-0.15, -0.1) is 28.7 Å². The Balaban J connectivity index is 0.00000533. The van der Waals surface area contributed by atoms with Gasteiger partial charge in [0.2, 0.25) is 5.91 Å². The van der Waals surface area contributed by atoms with Crippen LogP contribution in [0.15, 0.2) is 53.6 Å². The zero-order valence-corrected chi connectivity index (χ0v) is 26.5. The number of methoxy groups -OCH3 is 1. The standard InChI is InChI=1S/C32H46N2O3S.BrH/c1-4-5-6-7-8-9-10-11-12-13-20-37-32-28(17-15-19-30(32)36-3)22-31(35)33-29-18-14-16-27(21-29)24-34-23-26(2)38-25-34;/h14-19,21,23H,4-13,20,22,24-25H2,1-3H3,(H,33,35);1H. The van der Waals surface area contributed by atoms with Crippen LogP contribution in [-0.4, -0.2) is 30.4 Å². The van der Waals surface area contributed by atoms with E-state index < -0.39 is 0 Å². The molecule has 0 saturated carbocycles. The van der Waals surface area contributed by atoms with Gasteiger partial charge < -0.3 is 19.7 Å². The second kappa shape index (κ2) is 19.0. The first kappa shape index (κ1) is 33.1. The molecule has 216 valence electrons. The average molecular weight is 620 g/mol. The van der Waals surface area contributed by atoms with Gasteiger partial charge in [0, 0.05) is 24.0 Å². The number of para-hydroxylation sites is 1. The molecule has 39 heavy (non-hydrogen) atoms. The second-order valence-corrected chi connectivity index (χ2v) is 11.4. The Hall–Kier alpha value is -2.12. The summed E-state index contributed by atoms with van der Waals surface area (Å²) in [6.07, 6.45) is 15.3. The number of amides is 1. The van der Waals surface area contributed by atoms with Crippen molar-refractivity contribution in [3.63, 3.8) is 0 Å². The highest BCUT2D eigenvalue weighted by molar-refractivity contribution is 8.93. The first-order valence-corrected chi connectivity index (χ1v) is 15.3. The maximum atomic E-state index is 13.0. The third kappa shape index (κ3) is 12.3. The van der Waals surface area contributed by atoms with Crippen molar-refractivity contribution in [1.82, 2.24) is 4.90 Å². The molecule has 0 radical (unpaired) electrons. The normalized spacial score (nSPS) is 12.6. The van der Waals surface area contributed by atoms with Crippen molar-refractivity contribution in [1.29, 1.82) is 0 Å². The molecule has 0 atom stereocenters. The molecule has 0 fully saturated rings. The van der Waals surface area contributed by atoms with E-state index in [-0.39, 0.29) is 29.3 Å². The zero-order chi connectivity index (χ0) is 27.0. The minimum Gasteiger partial charge on any atom is -0.493 e. The van der Waals surface area contributed by atoms with Gasteiger partial charge in [-0.05, 0) is 42.0 Å². The van der Waals surface area contributed by atoms with Gasteiger partial charge in [-0.3, -0.25) is 4.79 Å². The molecule has 7 heteroatoms. The highest BCUT2D eigenvalue weighted by Gasteiger charge is 2.15. The summed E-state index contributed by atoms with van der Waals surface area (Å²) in [5, 5.41) is 3.07. The third-order valence-electron chi connectivity index (χ3n) is 6.79. The molecule has 1 aliphatic heterocycles. The van der Waals surface area contributed by atoms with Crippen LogP contribution in [0.1, 0.15) is 89.2 Å². The van der Waals surface area contributed by atoms with Gasteiger partial charge in [0.1, 0.15) is 0 Å². The van der Waals surface area contributed by atoms with Crippen LogP contribution in [0.5, 0.6) is 11.5 Å². The number of anilines is 1. The summed E-state index contributed by atoms with van der Waals surface area (Å²) >= 11 is 1.85. The van der Waals surface area contributed by atoms with Gasteiger partial charge in [-0.2, -0.15) is 0 Å². The number of nitrogens with one attached hydrogen (secondary N) is 1. The quantitative estimate of drug-likeness (QED) is 0.169. The number of allylic oxidation sites excluding steroid dienone is 1. The molecule has 2 aromatic carbocycles. The van der Waals surface area contributed by atoms with Gasteiger partial charge in [-0.1, -0.05) is 89.0 Å². The summed E-state index contributed by atoms with van der Waals surface area (Å²) in [5.74, 6) is 2.27. The first-order valence-electron chi connectivity index (χ1n) is 14.3. The molecule has 3 rings (SSSR count). The number of nitrogens with zero attached hydrogens (tertiary/aromatic N) is 1. The summed E-state index contributed by atoms with van der Waals surface area (Å²) in [4.78, 5) is 16.6. The predicted molar refractivity (Wildman–Crippen MR) is 171 cm³/mol. The SMILES string of the molecule is Br.CCCCCCCCCCCCOc1c(CC(=O)Nc2cccc(CN3C=C(C)SC3)c2)cccc1OC. The lowest BCUT2D eigenvalue weighted by Gasteiger charge is -2.16. The van der Waals surface area contributed by atoms with Crippen molar-refractivity contribution in [3.8, 4) is 11.5 Å². The van der Waals surface area contributed by atoms with E-state index in [0.29, 0.717) is 18.1 Å². The second-order valence-electron chi connectivity index (χ2n) is 10.2. The Morgan fingerprint density at radius 3 is 2.33 bits per heavy atom. The molecule has 0 unspecified atom stereocenters. The highest BCUT2D eigenvalue weighted by Crippen LogP contribution is 2.32. The summed E-state index contributed by atoms with van der Waals surface area (Å²) in [5.41, 5.74) is 2.84. The van der Waals surface area contributed by atoms with Gasteiger partial charge in [0.15, 0.2) is 11.5 Å². The highest BCUT2D eigenvalue weighted by atomic mass is 79.9. The zero-order valence-electron chi connectivity index (χ0n) is 24.0. The minimum atomic E-state index is -0.0633. The summed E-state index contributed by atoms with van der Waals surface area (Å²) < 4.78 is 11.7. The Morgan fingerprint density at radius 1 is 0.974 bits per heavy atom. The molecule has 1 amide bonds. The minimum absolute atomic E-state index is 0. The maximum absolute atomic E-state index is 13.0. The van der Waals surface area contributed by atoms with Crippen molar-refractivity contribution in [2.24, 2.45) is 0 Å². The van der Waals surface area contributed by atoms with E-state index in [1.54, 1.807) is 7.11 Å². The van der Waals surface area contributed by atoms with Crippen LogP contribution >= 0.6 is 28.7 Å². The fourth-order valence-electron chi connectivity index (χ4n) is 4.76. The smallest absolute Gasteiger partial charge is 0.228 e. The maximum Gasteiger partial charge on any atom is 0.228 e. The largest absolute Gasteiger partial charge is 0.493 e. The molecule has 0 bridgehead atoms. The molecule has 2 aromatic rings. The van der Waals surface area contributed by atoms with Crippen molar-refractivity contribution in [2.75, 3.05) is 24.9 Å². The van der Waals surface area contributed by atoms with E-state index in [9.17, 15) is 4.79 Å². The molecule has 0 aromatic heterocycles. The van der Waals surface area contributed by atoms with Crippen molar-refractivity contribution < 1.29 is 14.3 Å². The molecular weight excluding hydrogens is 572 g/mol. The van der Waals surface area contributed by atoms with Crippen LogP contribution in [0, 0.1) is 0 Å². The topological polar surface area (TPSA) is 50.8 Å². The monoisotopic (exact) mass is 618 g/mol. The number of rotatable bonds is 18. The molecule has 0 saturated heterocycles. The molecule has 0 aliphatic carbocycles. The van der Waals surface area contributed by atoms with Crippen LogP contribution in [0.25, 0.3) is 0 Å². The Kier molecular flexibility index (Phi) is 16.2. The van der Waals surface area contributed by atoms with Crippen LogP contribution < -0.4 is 14.8 Å². The Bertz CT molecular complexity index is 1030. The number of carbonyl (C=O) groups excluding carboxylic acids is 1. The molecule has 1 aliphatic rings. The van der Waals surface area contributed by atoms with E-state index in [4.69, 9.17) is 9.47 Å². The van der Waals surface area contributed by atoms with Crippen molar-refractivity contribution in [3.05, 3.63) is 64.7 Å². The van der Waals surface area contributed by atoms with Gasteiger partial charge >= 0.3 is 0 Å². The van der Waals surface area contributed by atoms with E-state index in [0.717, 1.165) is 30.1 Å². The fraction of sp³-hybridized carbons (Fsp3) is 0.531. The number of unbranched alkanes of at least 4 members (excludes halogenated alkanes) is 9. The van der Waals surface area contributed by atoms with Crippen LogP contribution in [0.2, 0.25) is 0 Å². The fourth-order valence-corrected chi connectivity index (χ4v) is 5.52. The lowest BCUT2D eigenvalue weighted by molar-refractivity contribution is -0.115. The summed E-state index contributed by atoms with van der Waals surface area (Å²) in [7, 11) is 1.65. The molecule has 1 N–H and O–H groups in total. The number of carbonyl (C=O) groups is 1. The molecule has 1 heterocycles. The van der Waals surface area contributed by atoms with Crippen molar-refractivity contribution >= 4 is 40.3 Å². The Morgan fingerprint density at radius 2 is 1.67 bits per heavy atom. The van der Waals surface area contributed by atoms with Gasteiger partial charge in [0.05, 0.1) is 26.0 Å². The van der Waals surface area contributed by atoms with E-state index in [1.165, 1.54) is 68.3 Å². The summed E-state index contributed by atoms with van der Waals surface area (Å²) in [6, 6.07) is 13.9. The Labute approximate surface area is 250 Å². The van der Waals surface area contributed by atoms with Crippen molar-refractivity contribution in [2.45, 2.75) is 91.0 Å². The van der Waals surface area contributed by atoms with E-state index >= 15 is 0 Å². The van der Waals surface area contributed by atoms with Crippen LogP contribution in [-0.2, 0) is 17.8 Å². The summed E-state index contributed by atoms with van der Waals surface area (Å²) in [6.45, 7) is 5.87. The third-order valence-corrected chi connectivity index (χ3v) is 7.82. The number of ether oxygens (including phenoxy) is 2. The molecule has 0 spiro atoms.